The van der Waals surface area contributed by atoms with Gasteiger partial charge in [0.15, 0.2) is 13.2 Å². The third kappa shape index (κ3) is 5.91. The number of ether oxygens (including phenoxy) is 1. The molecule has 0 aromatic heterocycles. The Morgan fingerprint density at radius 1 is 0.970 bits per heavy atom. The fraction of sp³-hybridized carbons (Fsp3) is 0.136. The third-order valence-electron chi connectivity index (χ3n) is 4.40. The number of anilines is 1. The molecule has 9 nitrogen and oxygen atoms in total. The number of rotatable bonds is 9. The smallest absolute Gasteiger partial charge is 0.335 e. The second-order valence-corrected chi connectivity index (χ2v) is 7.58. The number of aliphatic hydroxyl groups excluding tert-OH is 1. The zero-order valence-corrected chi connectivity index (χ0v) is 18.3. The summed E-state index contributed by atoms with van der Waals surface area (Å²) in [5, 5.41) is 29.6. The number of aliphatic hydroxyl groups is 1. The van der Waals surface area contributed by atoms with Crippen molar-refractivity contribution in [3.63, 3.8) is 0 Å². The lowest BCUT2D eigenvalue weighted by Crippen LogP contribution is -2.36. The fourth-order valence-electron chi connectivity index (χ4n) is 3.02. The largest absolute Gasteiger partial charge is 0.483 e. The first kappa shape index (κ1) is 24.3. The zero-order chi connectivity index (χ0) is 24.1. The first-order valence-corrected chi connectivity index (χ1v) is 10.1. The van der Waals surface area contributed by atoms with Gasteiger partial charge in [-0.05, 0) is 47.3 Å². The number of benzene rings is 3. The number of hydrogen-bond donors (Lipinski definition) is 3. The zero-order valence-electron chi connectivity index (χ0n) is 16.8. The van der Waals surface area contributed by atoms with Crippen LogP contribution < -0.4 is 9.80 Å². The van der Waals surface area contributed by atoms with Crippen LogP contribution in [-0.4, -0.2) is 46.4 Å². The van der Waals surface area contributed by atoms with Crippen molar-refractivity contribution < 1.29 is 39.3 Å². The molecule has 0 bridgehead atoms. The first-order valence-electron chi connectivity index (χ1n) is 9.36. The molecule has 0 saturated carbocycles. The normalized spacial score (nSPS) is 10.8. The van der Waals surface area contributed by atoms with Crippen LogP contribution in [0.1, 0.15) is 15.9 Å². The molecular formula is C22H17Cl2NO8. The fourth-order valence-corrected chi connectivity index (χ4v) is 3.62. The van der Waals surface area contributed by atoms with Gasteiger partial charge >= 0.3 is 11.9 Å². The monoisotopic (exact) mass is 493 g/mol. The lowest BCUT2D eigenvalue weighted by molar-refractivity contribution is -0.145. The van der Waals surface area contributed by atoms with Crippen molar-refractivity contribution in [2.75, 3.05) is 18.3 Å². The van der Waals surface area contributed by atoms with Crippen LogP contribution in [0.25, 0.3) is 10.8 Å². The molecule has 0 unspecified atom stereocenters. The molecule has 1 amide bonds. The Bertz CT molecular complexity index is 1230. The van der Waals surface area contributed by atoms with Crippen molar-refractivity contribution in [2.24, 2.45) is 0 Å². The summed E-state index contributed by atoms with van der Waals surface area (Å²) in [6, 6.07) is 11.6. The molecule has 0 fully saturated rings. The maximum Gasteiger partial charge on any atom is 0.335 e. The highest BCUT2D eigenvalue weighted by Gasteiger charge is 2.21. The molecule has 33 heavy (non-hydrogen) atoms. The number of hydrogen-bond acceptors (Lipinski definition) is 6. The average molecular weight is 494 g/mol. The minimum absolute atomic E-state index is 0.0159. The Hall–Kier alpha value is -3.37. The minimum Gasteiger partial charge on any atom is -0.483 e. The van der Waals surface area contributed by atoms with Crippen LogP contribution in [0.4, 0.5) is 5.69 Å². The molecule has 0 aliphatic rings. The van der Waals surface area contributed by atoms with Gasteiger partial charge in [0.2, 0.25) is 0 Å². The summed E-state index contributed by atoms with van der Waals surface area (Å²) < 4.78 is 5.60. The minimum atomic E-state index is -1.31. The summed E-state index contributed by atoms with van der Waals surface area (Å²) in [4.78, 5) is 40.5. The van der Waals surface area contributed by atoms with Crippen LogP contribution >= 0.6 is 23.2 Å². The van der Waals surface area contributed by atoms with Crippen LogP contribution in [0.3, 0.4) is 0 Å². The Morgan fingerprint density at radius 3 is 2.39 bits per heavy atom. The number of aromatic carboxylic acids is 1. The van der Waals surface area contributed by atoms with Gasteiger partial charge in [0.25, 0.3) is 5.91 Å². The van der Waals surface area contributed by atoms with Gasteiger partial charge in [0.1, 0.15) is 5.75 Å². The molecule has 3 aromatic rings. The maximum atomic E-state index is 12.9. The van der Waals surface area contributed by atoms with E-state index in [1.54, 1.807) is 12.1 Å². The molecule has 3 aromatic carbocycles. The number of carbonyl (C=O) groups is 3. The molecule has 0 heterocycles. The van der Waals surface area contributed by atoms with E-state index in [0.29, 0.717) is 16.3 Å². The number of nitrogens with zero attached hydrogens (tertiary/aromatic N) is 1. The topological polar surface area (TPSA) is 134 Å². The van der Waals surface area contributed by atoms with E-state index in [1.807, 2.05) is 0 Å². The summed E-state index contributed by atoms with van der Waals surface area (Å²) in [6.45, 7) is -1.75. The number of carbonyl (C=O) groups excluding carboxylic acids is 1. The molecule has 0 saturated heterocycles. The summed E-state index contributed by atoms with van der Waals surface area (Å²) in [5.41, 5.74) is 0.525. The summed E-state index contributed by atoms with van der Waals surface area (Å²) in [7, 11) is 0. The second-order valence-electron chi connectivity index (χ2n) is 6.74. The average Bonchev–Trinajstić information content (AvgIpc) is 2.76. The van der Waals surface area contributed by atoms with Crippen molar-refractivity contribution in [2.45, 2.75) is 6.61 Å². The predicted molar refractivity (Wildman–Crippen MR) is 120 cm³/mol. The SMILES string of the molecule is O=C(O)CON(C(=O)COc1cc(C(=O)O)cc2cc(Cl)cc(Cl)c12)c1cccc(CO)c1. The van der Waals surface area contributed by atoms with Crippen LogP contribution in [0.15, 0.2) is 48.5 Å². The second kappa shape index (κ2) is 10.5. The Kier molecular flexibility index (Phi) is 7.72. The van der Waals surface area contributed by atoms with E-state index in [9.17, 15) is 24.6 Å². The molecule has 11 heteroatoms. The van der Waals surface area contributed by atoms with Gasteiger partial charge in [0.05, 0.1) is 22.9 Å². The Morgan fingerprint density at radius 2 is 1.73 bits per heavy atom. The number of aliphatic carboxylic acids is 1. The molecular weight excluding hydrogens is 477 g/mol. The van der Waals surface area contributed by atoms with Crippen LogP contribution in [0.5, 0.6) is 5.75 Å². The Balaban J connectivity index is 1.93. The molecule has 0 atom stereocenters. The molecule has 0 spiro atoms. The maximum absolute atomic E-state index is 12.9. The highest BCUT2D eigenvalue weighted by atomic mass is 35.5. The van der Waals surface area contributed by atoms with E-state index in [1.165, 1.54) is 36.4 Å². The molecule has 3 rings (SSSR count). The van der Waals surface area contributed by atoms with Crippen molar-refractivity contribution >= 4 is 57.5 Å². The third-order valence-corrected chi connectivity index (χ3v) is 4.92. The summed E-state index contributed by atoms with van der Waals surface area (Å²) in [6.07, 6.45) is 0. The molecule has 0 radical (unpaired) electrons. The number of hydroxylamine groups is 1. The van der Waals surface area contributed by atoms with E-state index in [2.05, 4.69) is 0 Å². The number of halogens is 2. The van der Waals surface area contributed by atoms with E-state index < -0.39 is 31.1 Å². The van der Waals surface area contributed by atoms with Crippen molar-refractivity contribution in [1.82, 2.24) is 0 Å². The quantitative estimate of drug-likeness (QED) is 0.383. The molecule has 3 N–H and O–H groups in total. The number of fused-ring (bicyclic) bond motifs is 1. The number of carboxylic acids is 2. The van der Waals surface area contributed by atoms with E-state index >= 15 is 0 Å². The number of amides is 1. The highest BCUT2D eigenvalue weighted by Crippen LogP contribution is 2.36. The van der Waals surface area contributed by atoms with Gasteiger partial charge in [-0.3, -0.25) is 9.63 Å². The first-order chi connectivity index (χ1) is 15.7. The molecule has 0 aliphatic carbocycles. The van der Waals surface area contributed by atoms with E-state index in [4.69, 9.17) is 37.9 Å². The highest BCUT2D eigenvalue weighted by molar-refractivity contribution is 6.39. The molecule has 0 aliphatic heterocycles. The van der Waals surface area contributed by atoms with Crippen molar-refractivity contribution in [1.29, 1.82) is 0 Å². The van der Waals surface area contributed by atoms with Crippen LogP contribution in [0, 0.1) is 0 Å². The van der Waals surface area contributed by atoms with Gasteiger partial charge in [-0.1, -0.05) is 35.3 Å². The van der Waals surface area contributed by atoms with Gasteiger partial charge in [-0.25, -0.2) is 9.59 Å². The van der Waals surface area contributed by atoms with Gasteiger partial charge in [-0.15, -0.1) is 0 Å². The van der Waals surface area contributed by atoms with Gasteiger partial charge in [0, 0.05) is 10.4 Å². The van der Waals surface area contributed by atoms with E-state index in [0.717, 1.165) is 5.06 Å². The lowest BCUT2D eigenvalue weighted by Gasteiger charge is -2.22. The van der Waals surface area contributed by atoms with Crippen molar-refractivity contribution in [3.05, 3.63) is 69.7 Å². The predicted octanol–water partition coefficient (Wildman–Crippen LogP) is 3.77. The summed E-state index contributed by atoms with van der Waals surface area (Å²) >= 11 is 12.3. The van der Waals surface area contributed by atoms with E-state index in [-0.39, 0.29) is 33.7 Å². The lowest BCUT2D eigenvalue weighted by atomic mass is 10.1. The summed E-state index contributed by atoms with van der Waals surface area (Å²) in [5.74, 6) is -3.31. The van der Waals surface area contributed by atoms with Gasteiger partial charge < -0.3 is 20.1 Å². The molecule has 172 valence electrons. The van der Waals surface area contributed by atoms with Crippen molar-refractivity contribution in [3.8, 4) is 5.75 Å². The number of carboxylic acid groups (broad SMARTS) is 2. The van der Waals surface area contributed by atoms with Crippen LogP contribution in [0.2, 0.25) is 10.0 Å². The Labute approximate surface area is 197 Å². The van der Waals surface area contributed by atoms with Crippen LogP contribution in [-0.2, 0) is 21.0 Å². The van der Waals surface area contributed by atoms with Gasteiger partial charge in [-0.2, -0.15) is 5.06 Å². The standard InChI is InChI=1S/C22H17Cl2NO8/c23-15-6-13-5-14(22(30)31)7-18(21(13)17(24)8-15)32-10-19(27)25(33-11-20(28)29)16-3-1-2-12(4-16)9-26/h1-8,26H,9-11H2,(H,28,29)(H,30,31).